The average Bonchev–Trinajstić information content (AvgIpc) is 2.51. The predicted molar refractivity (Wildman–Crippen MR) is 61.6 cm³/mol. The van der Waals surface area contributed by atoms with Crippen LogP contribution < -0.4 is 5.73 Å². The second kappa shape index (κ2) is 4.84. The molecular weight excluding hydrogens is 188 g/mol. The second-order valence-corrected chi connectivity index (χ2v) is 5.82. The third-order valence-electron chi connectivity index (χ3n) is 1.98. The van der Waals surface area contributed by atoms with Crippen molar-refractivity contribution < 1.29 is 0 Å². The summed E-state index contributed by atoms with van der Waals surface area (Å²) in [7, 11) is 0. The van der Waals surface area contributed by atoms with Crippen LogP contribution in [-0.4, -0.2) is 27.5 Å². The van der Waals surface area contributed by atoms with E-state index in [0.717, 1.165) is 18.8 Å². The highest BCUT2D eigenvalue weighted by Gasteiger charge is 2.19. The van der Waals surface area contributed by atoms with Gasteiger partial charge in [0, 0.05) is 18.8 Å². The van der Waals surface area contributed by atoms with Crippen LogP contribution in [0.15, 0.2) is 12.7 Å². The predicted octanol–water partition coefficient (Wildman–Crippen LogP) is 1.43. The van der Waals surface area contributed by atoms with E-state index >= 15 is 0 Å². The van der Waals surface area contributed by atoms with Gasteiger partial charge in [-0.25, -0.2) is 0 Å². The van der Waals surface area contributed by atoms with Crippen molar-refractivity contribution in [3.05, 3.63) is 12.7 Å². The average molecular weight is 204 g/mol. The lowest BCUT2D eigenvalue weighted by Crippen LogP contribution is -2.25. The fourth-order valence-corrected chi connectivity index (χ4v) is 3.68. The Morgan fingerprint density at radius 3 is 2.58 bits per heavy atom. The third-order valence-corrected chi connectivity index (χ3v) is 4.81. The van der Waals surface area contributed by atoms with Crippen LogP contribution in [0, 0.1) is 0 Å². The Balaban J connectivity index is 2.51. The summed E-state index contributed by atoms with van der Waals surface area (Å²) >= 11 is 4.64. The summed E-state index contributed by atoms with van der Waals surface area (Å²) in [6.45, 7) is 6.06. The van der Waals surface area contributed by atoms with Gasteiger partial charge in [-0.1, -0.05) is 18.3 Å². The van der Waals surface area contributed by atoms with Crippen molar-refractivity contribution in [1.82, 2.24) is 4.31 Å². The van der Waals surface area contributed by atoms with Gasteiger partial charge in [-0.2, -0.15) is 0 Å². The minimum atomic E-state index is -0.396. The van der Waals surface area contributed by atoms with Gasteiger partial charge in [-0.15, -0.1) is 17.7 Å². The molecule has 0 spiro atoms. The van der Waals surface area contributed by atoms with E-state index in [1.165, 1.54) is 12.8 Å². The molecule has 1 heterocycles. The topological polar surface area (TPSA) is 29.3 Å². The van der Waals surface area contributed by atoms with E-state index in [4.69, 9.17) is 18.0 Å². The van der Waals surface area contributed by atoms with Crippen molar-refractivity contribution in [3.8, 4) is 0 Å². The summed E-state index contributed by atoms with van der Waals surface area (Å²) in [6, 6.07) is 0. The lowest BCUT2D eigenvalue weighted by molar-refractivity contribution is 0.584. The molecule has 1 unspecified atom stereocenters. The minimum Gasteiger partial charge on any atom is -0.385 e. The molecule has 1 aliphatic rings. The molecule has 0 aromatic carbocycles. The van der Waals surface area contributed by atoms with E-state index in [1.807, 2.05) is 6.08 Å². The first-order valence-electron chi connectivity index (χ1n) is 4.18. The molecule has 2 nitrogen and oxygen atoms in total. The summed E-state index contributed by atoms with van der Waals surface area (Å²) in [5.41, 5.74) is 5.67. The SMILES string of the molecule is C=CC[SH](C(N)=S)N1CCCC1. The summed E-state index contributed by atoms with van der Waals surface area (Å²) in [4.78, 5) is 0. The Morgan fingerprint density at radius 2 is 2.17 bits per heavy atom. The summed E-state index contributed by atoms with van der Waals surface area (Å²) < 4.78 is 3.09. The Bertz CT molecular complexity index is 176. The number of nitrogens with zero attached hydrogens (tertiary/aromatic N) is 1. The molecule has 0 amide bonds. The van der Waals surface area contributed by atoms with E-state index in [0.29, 0.717) is 4.32 Å². The van der Waals surface area contributed by atoms with Gasteiger partial charge in [0.05, 0.1) is 0 Å². The molecule has 0 aromatic heterocycles. The maximum absolute atomic E-state index is 5.67. The van der Waals surface area contributed by atoms with Crippen molar-refractivity contribution in [2.45, 2.75) is 12.8 Å². The highest BCUT2D eigenvalue weighted by Crippen LogP contribution is 2.33. The van der Waals surface area contributed by atoms with Crippen LogP contribution in [-0.2, 0) is 0 Å². The van der Waals surface area contributed by atoms with Gasteiger partial charge in [-0.05, 0) is 12.8 Å². The van der Waals surface area contributed by atoms with Gasteiger partial charge in [0.1, 0.15) is 4.32 Å². The van der Waals surface area contributed by atoms with Crippen LogP contribution in [0.1, 0.15) is 12.8 Å². The second-order valence-electron chi connectivity index (χ2n) is 2.87. The van der Waals surface area contributed by atoms with Gasteiger partial charge in [0.15, 0.2) is 0 Å². The molecule has 4 heteroatoms. The third kappa shape index (κ3) is 2.47. The zero-order chi connectivity index (χ0) is 8.97. The number of thiol groups is 1. The Labute approximate surface area is 82.3 Å². The van der Waals surface area contributed by atoms with E-state index in [9.17, 15) is 0 Å². The standard InChI is InChI=1S/C8H16N2S2/c1-2-7-12(8(9)11)10-5-3-4-6-10/h2,12H,1,3-7H2,(H2,9,11). The Kier molecular flexibility index (Phi) is 4.05. The lowest BCUT2D eigenvalue weighted by atomic mass is 10.4. The highest BCUT2D eigenvalue weighted by atomic mass is 32.2. The van der Waals surface area contributed by atoms with Crippen LogP contribution in [0.5, 0.6) is 0 Å². The van der Waals surface area contributed by atoms with Crippen molar-refractivity contribution in [1.29, 1.82) is 0 Å². The van der Waals surface area contributed by atoms with Crippen LogP contribution in [0.4, 0.5) is 0 Å². The van der Waals surface area contributed by atoms with Gasteiger partial charge >= 0.3 is 0 Å². The van der Waals surface area contributed by atoms with Crippen molar-refractivity contribution >= 4 is 27.6 Å². The van der Waals surface area contributed by atoms with E-state index in [-0.39, 0.29) is 0 Å². The number of hydrogen-bond donors (Lipinski definition) is 2. The van der Waals surface area contributed by atoms with Crippen LogP contribution in [0.3, 0.4) is 0 Å². The molecule has 0 saturated carbocycles. The van der Waals surface area contributed by atoms with E-state index in [2.05, 4.69) is 10.9 Å². The fourth-order valence-electron chi connectivity index (χ4n) is 1.41. The summed E-state index contributed by atoms with van der Waals surface area (Å²) in [5, 5.41) is 0. The molecule has 1 aliphatic heterocycles. The van der Waals surface area contributed by atoms with Crippen LogP contribution >= 0.6 is 23.3 Å². The fraction of sp³-hybridized carbons (Fsp3) is 0.625. The maximum Gasteiger partial charge on any atom is 0.123 e. The van der Waals surface area contributed by atoms with Gasteiger partial charge in [-0.3, -0.25) is 4.31 Å². The van der Waals surface area contributed by atoms with Crippen molar-refractivity contribution in [3.63, 3.8) is 0 Å². The molecule has 1 fully saturated rings. The number of rotatable bonds is 3. The highest BCUT2D eigenvalue weighted by molar-refractivity contribution is 8.34. The molecule has 70 valence electrons. The van der Waals surface area contributed by atoms with Crippen LogP contribution in [0.2, 0.25) is 0 Å². The summed E-state index contributed by atoms with van der Waals surface area (Å²) in [6.07, 6.45) is 4.50. The molecule has 0 aliphatic carbocycles. The first kappa shape index (κ1) is 10.0. The molecule has 12 heavy (non-hydrogen) atoms. The molecule has 0 aromatic rings. The van der Waals surface area contributed by atoms with Crippen molar-refractivity contribution in [2.75, 3.05) is 18.8 Å². The molecule has 2 N–H and O–H groups in total. The first-order chi connectivity index (χ1) is 5.75. The van der Waals surface area contributed by atoms with E-state index in [1.54, 1.807) is 0 Å². The zero-order valence-electron chi connectivity index (χ0n) is 7.20. The number of thiocarbonyl (C=S) groups is 1. The van der Waals surface area contributed by atoms with Crippen molar-refractivity contribution in [2.24, 2.45) is 5.73 Å². The normalized spacial score (nSPS) is 22.2. The molecule has 1 atom stereocenters. The molecular formula is C8H16N2S2. The first-order valence-corrected chi connectivity index (χ1v) is 6.07. The van der Waals surface area contributed by atoms with Crippen LogP contribution in [0.25, 0.3) is 0 Å². The number of nitrogens with two attached hydrogens (primary N) is 1. The maximum atomic E-state index is 5.67. The Hall–Kier alpha value is -0.0600. The monoisotopic (exact) mass is 204 g/mol. The number of hydrogen-bond acceptors (Lipinski definition) is 2. The molecule has 1 saturated heterocycles. The largest absolute Gasteiger partial charge is 0.385 e. The van der Waals surface area contributed by atoms with Gasteiger partial charge in [0.25, 0.3) is 0 Å². The Morgan fingerprint density at radius 1 is 1.58 bits per heavy atom. The summed E-state index contributed by atoms with van der Waals surface area (Å²) in [5.74, 6) is 0.949. The molecule has 0 bridgehead atoms. The van der Waals surface area contributed by atoms with Gasteiger partial charge < -0.3 is 5.73 Å². The zero-order valence-corrected chi connectivity index (χ0v) is 8.91. The lowest BCUT2D eigenvalue weighted by Gasteiger charge is -2.29. The quantitative estimate of drug-likeness (QED) is 0.414. The smallest absolute Gasteiger partial charge is 0.123 e. The minimum absolute atomic E-state index is 0.396. The molecule has 1 rings (SSSR count). The molecule has 0 radical (unpaired) electrons. The van der Waals surface area contributed by atoms with E-state index < -0.39 is 11.1 Å². The van der Waals surface area contributed by atoms with Gasteiger partial charge in [0.2, 0.25) is 0 Å².